The zero-order valence-electron chi connectivity index (χ0n) is 13.4. The van der Waals surface area contributed by atoms with Crippen LogP contribution in [0.1, 0.15) is 27.7 Å². The molecule has 0 atom stereocenters. The predicted octanol–water partition coefficient (Wildman–Crippen LogP) is 4.31. The largest absolute Gasteiger partial charge is 0.494 e. The molecule has 1 aliphatic heterocycles. The Morgan fingerprint density at radius 2 is 1.45 bits per heavy atom. The number of benzene rings is 2. The molecular weight excluding hydrogens is 294 g/mol. The molecular formula is C18H20BClO2. The molecule has 0 N–H and O–H groups in total. The number of halogens is 1. The Balaban J connectivity index is 1.98. The monoisotopic (exact) mass is 314 g/mol. The topological polar surface area (TPSA) is 18.5 Å². The first kappa shape index (κ1) is 15.6. The second kappa shape index (κ2) is 5.41. The van der Waals surface area contributed by atoms with E-state index in [1.54, 1.807) is 0 Å². The first-order valence-electron chi connectivity index (χ1n) is 7.51. The van der Waals surface area contributed by atoms with Gasteiger partial charge < -0.3 is 9.31 Å². The average molecular weight is 315 g/mol. The minimum atomic E-state index is -0.371. The van der Waals surface area contributed by atoms with Crippen LogP contribution in [0, 0.1) is 0 Å². The molecule has 1 fully saturated rings. The van der Waals surface area contributed by atoms with Gasteiger partial charge in [0, 0.05) is 5.02 Å². The molecule has 4 heteroatoms. The molecule has 2 nitrogen and oxygen atoms in total. The SMILES string of the molecule is CC1(C)OB(c2ccc(Cl)c(-c3ccccc3)c2)OC1(C)C. The normalized spacial score (nSPS) is 19.4. The van der Waals surface area contributed by atoms with Crippen LogP contribution in [-0.4, -0.2) is 18.3 Å². The summed E-state index contributed by atoms with van der Waals surface area (Å²) in [6.07, 6.45) is 0. The lowest BCUT2D eigenvalue weighted by molar-refractivity contribution is 0.00578. The van der Waals surface area contributed by atoms with Crippen molar-refractivity contribution >= 4 is 24.2 Å². The van der Waals surface area contributed by atoms with E-state index in [1.165, 1.54) is 0 Å². The van der Waals surface area contributed by atoms with Gasteiger partial charge in [0.1, 0.15) is 0 Å². The van der Waals surface area contributed by atoms with E-state index in [9.17, 15) is 0 Å². The summed E-state index contributed by atoms with van der Waals surface area (Å²) in [5.41, 5.74) is 2.39. The summed E-state index contributed by atoms with van der Waals surface area (Å²) in [4.78, 5) is 0. The minimum Gasteiger partial charge on any atom is -0.399 e. The lowest BCUT2D eigenvalue weighted by Gasteiger charge is -2.32. The van der Waals surface area contributed by atoms with Gasteiger partial charge in [0.05, 0.1) is 11.2 Å². The van der Waals surface area contributed by atoms with Crippen LogP contribution < -0.4 is 5.46 Å². The van der Waals surface area contributed by atoms with Crippen molar-refractivity contribution < 1.29 is 9.31 Å². The first-order chi connectivity index (χ1) is 10.3. The highest BCUT2D eigenvalue weighted by Gasteiger charge is 2.51. The maximum Gasteiger partial charge on any atom is 0.494 e. The van der Waals surface area contributed by atoms with Gasteiger partial charge in [0.2, 0.25) is 0 Å². The van der Waals surface area contributed by atoms with Gasteiger partial charge in [-0.1, -0.05) is 54.1 Å². The minimum absolute atomic E-state index is 0.343. The third kappa shape index (κ3) is 2.69. The van der Waals surface area contributed by atoms with Crippen molar-refractivity contribution in [1.29, 1.82) is 0 Å². The fraction of sp³-hybridized carbons (Fsp3) is 0.333. The third-order valence-corrected chi connectivity index (χ3v) is 4.93. The van der Waals surface area contributed by atoms with Crippen LogP contribution in [0.4, 0.5) is 0 Å². The molecule has 2 aromatic carbocycles. The van der Waals surface area contributed by atoms with Gasteiger partial charge in [0.15, 0.2) is 0 Å². The number of hydrogen-bond acceptors (Lipinski definition) is 2. The molecule has 0 aliphatic carbocycles. The Hall–Kier alpha value is -1.29. The van der Waals surface area contributed by atoms with Crippen LogP contribution in [0.25, 0.3) is 11.1 Å². The van der Waals surface area contributed by atoms with Crippen molar-refractivity contribution in [3.63, 3.8) is 0 Å². The molecule has 1 aliphatic rings. The number of rotatable bonds is 2. The van der Waals surface area contributed by atoms with E-state index >= 15 is 0 Å². The summed E-state index contributed by atoms with van der Waals surface area (Å²) in [6.45, 7) is 8.23. The molecule has 3 rings (SSSR count). The molecule has 1 heterocycles. The molecule has 0 radical (unpaired) electrons. The lowest BCUT2D eigenvalue weighted by atomic mass is 9.78. The zero-order chi connectivity index (χ0) is 16.0. The van der Waals surface area contributed by atoms with Crippen molar-refractivity contribution in [1.82, 2.24) is 0 Å². The number of hydrogen-bond donors (Lipinski definition) is 0. The maximum absolute atomic E-state index is 6.37. The molecule has 1 saturated heterocycles. The second-order valence-corrected chi connectivity index (χ2v) is 7.10. The van der Waals surface area contributed by atoms with E-state index in [4.69, 9.17) is 20.9 Å². The van der Waals surface area contributed by atoms with Crippen molar-refractivity contribution in [3.8, 4) is 11.1 Å². The molecule has 2 aromatic rings. The van der Waals surface area contributed by atoms with Gasteiger partial charge in [-0.2, -0.15) is 0 Å². The lowest BCUT2D eigenvalue weighted by Crippen LogP contribution is -2.41. The van der Waals surface area contributed by atoms with Crippen molar-refractivity contribution in [2.75, 3.05) is 0 Å². The summed E-state index contributed by atoms with van der Waals surface area (Å²) in [7, 11) is -0.371. The maximum atomic E-state index is 6.37. The van der Waals surface area contributed by atoms with Gasteiger partial charge in [-0.15, -0.1) is 0 Å². The molecule has 0 amide bonds. The molecule has 0 spiro atoms. The molecule has 0 saturated carbocycles. The van der Waals surface area contributed by atoms with Crippen molar-refractivity contribution in [2.24, 2.45) is 0 Å². The highest BCUT2D eigenvalue weighted by atomic mass is 35.5. The van der Waals surface area contributed by atoms with Crippen LogP contribution in [-0.2, 0) is 9.31 Å². The highest BCUT2D eigenvalue weighted by Crippen LogP contribution is 2.37. The van der Waals surface area contributed by atoms with Crippen LogP contribution in [0.15, 0.2) is 48.5 Å². The van der Waals surface area contributed by atoms with E-state index in [-0.39, 0.29) is 18.3 Å². The van der Waals surface area contributed by atoms with Crippen LogP contribution >= 0.6 is 11.6 Å². The van der Waals surface area contributed by atoms with Crippen molar-refractivity contribution in [3.05, 3.63) is 53.6 Å². The zero-order valence-corrected chi connectivity index (χ0v) is 14.1. The van der Waals surface area contributed by atoms with Gasteiger partial charge in [-0.3, -0.25) is 0 Å². The second-order valence-electron chi connectivity index (χ2n) is 6.69. The fourth-order valence-electron chi connectivity index (χ4n) is 2.51. The quantitative estimate of drug-likeness (QED) is 0.769. The fourth-order valence-corrected chi connectivity index (χ4v) is 2.73. The predicted molar refractivity (Wildman–Crippen MR) is 92.6 cm³/mol. The molecule has 0 aromatic heterocycles. The average Bonchev–Trinajstić information content (AvgIpc) is 2.69. The van der Waals surface area contributed by atoms with Gasteiger partial charge in [-0.25, -0.2) is 0 Å². The Bertz CT molecular complexity index is 667. The summed E-state index contributed by atoms with van der Waals surface area (Å²) in [5, 5.41) is 0.728. The van der Waals surface area contributed by atoms with Crippen LogP contribution in [0.2, 0.25) is 5.02 Å². The van der Waals surface area contributed by atoms with Gasteiger partial charge in [-0.05, 0) is 50.4 Å². The molecule has 0 unspecified atom stereocenters. The van der Waals surface area contributed by atoms with Gasteiger partial charge >= 0.3 is 7.12 Å². The van der Waals surface area contributed by atoms with E-state index < -0.39 is 0 Å². The Labute approximate surface area is 137 Å². The molecule has 0 bridgehead atoms. The van der Waals surface area contributed by atoms with E-state index in [0.717, 1.165) is 21.6 Å². The Morgan fingerprint density at radius 1 is 0.864 bits per heavy atom. The van der Waals surface area contributed by atoms with Crippen LogP contribution in [0.5, 0.6) is 0 Å². The molecule has 114 valence electrons. The Kier molecular flexibility index (Phi) is 3.84. The summed E-state index contributed by atoms with van der Waals surface area (Å²) in [6, 6.07) is 16.0. The van der Waals surface area contributed by atoms with E-state index in [1.807, 2.05) is 30.3 Å². The van der Waals surface area contributed by atoms with E-state index in [0.29, 0.717) is 0 Å². The summed E-state index contributed by atoms with van der Waals surface area (Å²) >= 11 is 6.37. The third-order valence-electron chi connectivity index (χ3n) is 4.60. The molecule has 22 heavy (non-hydrogen) atoms. The summed E-state index contributed by atoms with van der Waals surface area (Å²) < 4.78 is 12.2. The highest BCUT2D eigenvalue weighted by molar-refractivity contribution is 6.62. The summed E-state index contributed by atoms with van der Waals surface area (Å²) in [5.74, 6) is 0. The van der Waals surface area contributed by atoms with Crippen molar-refractivity contribution in [2.45, 2.75) is 38.9 Å². The van der Waals surface area contributed by atoms with Crippen LogP contribution in [0.3, 0.4) is 0 Å². The Morgan fingerprint density at radius 3 is 2.05 bits per heavy atom. The smallest absolute Gasteiger partial charge is 0.399 e. The van der Waals surface area contributed by atoms with Gasteiger partial charge in [0.25, 0.3) is 0 Å². The standard InChI is InChI=1S/C18H20BClO2/c1-17(2)18(3,4)22-19(21-17)14-10-11-16(20)15(12-14)13-8-6-5-7-9-13/h5-12H,1-4H3. The first-order valence-corrected chi connectivity index (χ1v) is 7.88. The van der Waals surface area contributed by atoms with E-state index in [2.05, 4.69) is 45.9 Å².